The number of hydrogen-bond donors (Lipinski definition) is 0. The molecule has 1 fully saturated rings. The summed E-state index contributed by atoms with van der Waals surface area (Å²) < 4.78 is 4.59. The third kappa shape index (κ3) is 3.58. The van der Waals surface area contributed by atoms with Gasteiger partial charge in [0.15, 0.2) is 0 Å². The Morgan fingerprint density at radius 2 is 2.09 bits per heavy atom. The number of carbonyl (C=O) groups is 1. The van der Waals surface area contributed by atoms with Crippen LogP contribution in [0.15, 0.2) is 0 Å². The molecule has 64 valence electrons. The molecule has 0 atom stereocenters. The number of ether oxygens (including phenoxy) is 1. The maximum Gasteiger partial charge on any atom is 0.403 e. The molecule has 1 heterocycles. The van der Waals surface area contributed by atoms with Crippen LogP contribution in [0.2, 0.25) is 0 Å². The van der Waals surface area contributed by atoms with E-state index in [1.807, 2.05) is 0 Å². The molecule has 0 radical (unpaired) electrons. The summed E-state index contributed by atoms with van der Waals surface area (Å²) in [5.41, 5.74) is -0.704. The highest BCUT2D eigenvalue weighted by atomic mass is 35.5. The first kappa shape index (κ1) is 8.81. The molecular formula is C7H12ClNO2. The van der Waals surface area contributed by atoms with E-state index in [-0.39, 0.29) is 0 Å². The standard InChI is InChI=1S/C7H12ClNO2/c8-7(10)11-6-5-9-3-1-2-4-9/h1-6H2. The second-order valence-electron chi connectivity index (χ2n) is 2.63. The minimum atomic E-state index is -0.704. The van der Waals surface area contributed by atoms with Gasteiger partial charge in [0.1, 0.15) is 6.61 Å². The summed E-state index contributed by atoms with van der Waals surface area (Å²) >= 11 is 4.98. The molecule has 0 bridgehead atoms. The van der Waals surface area contributed by atoms with Crippen LogP contribution in [0, 0.1) is 0 Å². The lowest BCUT2D eigenvalue weighted by Gasteiger charge is -2.12. The second-order valence-corrected chi connectivity index (χ2v) is 2.94. The molecule has 0 aromatic rings. The number of nitrogens with zero attached hydrogens (tertiary/aromatic N) is 1. The van der Waals surface area contributed by atoms with Gasteiger partial charge in [-0.15, -0.1) is 0 Å². The summed E-state index contributed by atoms with van der Waals surface area (Å²) in [4.78, 5) is 12.4. The van der Waals surface area contributed by atoms with E-state index in [0.717, 1.165) is 19.6 Å². The van der Waals surface area contributed by atoms with Crippen LogP contribution in [-0.2, 0) is 4.74 Å². The van der Waals surface area contributed by atoms with Crippen molar-refractivity contribution in [2.45, 2.75) is 12.8 Å². The minimum Gasteiger partial charge on any atom is -0.452 e. The van der Waals surface area contributed by atoms with E-state index in [9.17, 15) is 4.79 Å². The summed E-state index contributed by atoms with van der Waals surface area (Å²) in [5, 5.41) is 0. The predicted molar refractivity (Wildman–Crippen MR) is 42.9 cm³/mol. The molecule has 4 heteroatoms. The van der Waals surface area contributed by atoms with Crippen LogP contribution in [0.4, 0.5) is 4.79 Å². The Kier molecular flexibility index (Phi) is 3.66. The van der Waals surface area contributed by atoms with Crippen molar-refractivity contribution in [2.24, 2.45) is 0 Å². The minimum absolute atomic E-state index is 0.419. The topological polar surface area (TPSA) is 29.5 Å². The predicted octanol–water partition coefficient (Wildman–Crippen LogP) is 1.46. The van der Waals surface area contributed by atoms with Gasteiger partial charge in [-0.1, -0.05) is 0 Å². The number of likely N-dealkylation sites (tertiary alicyclic amines) is 1. The molecule has 0 N–H and O–H groups in total. The highest BCUT2D eigenvalue weighted by Crippen LogP contribution is 2.06. The first-order valence-electron chi connectivity index (χ1n) is 3.83. The van der Waals surface area contributed by atoms with E-state index in [0.29, 0.717) is 6.61 Å². The average Bonchev–Trinajstić information content (AvgIpc) is 2.39. The van der Waals surface area contributed by atoms with E-state index in [1.165, 1.54) is 12.8 Å². The van der Waals surface area contributed by atoms with Crippen molar-refractivity contribution in [3.05, 3.63) is 0 Å². The fourth-order valence-electron chi connectivity index (χ4n) is 1.26. The molecule has 1 saturated heterocycles. The summed E-state index contributed by atoms with van der Waals surface area (Å²) in [6, 6.07) is 0. The summed E-state index contributed by atoms with van der Waals surface area (Å²) in [7, 11) is 0. The van der Waals surface area contributed by atoms with Gasteiger partial charge in [0.05, 0.1) is 0 Å². The molecule has 1 aliphatic heterocycles. The van der Waals surface area contributed by atoms with Crippen molar-refractivity contribution < 1.29 is 9.53 Å². The number of hydrogen-bond acceptors (Lipinski definition) is 3. The van der Waals surface area contributed by atoms with Gasteiger partial charge >= 0.3 is 5.43 Å². The van der Waals surface area contributed by atoms with Gasteiger partial charge < -0.3 is 4.74 Å². The number of halogens is 1. The highest BCUT2D eigenvalue weighted by Gasteiger charge is 2.10. The van der Waals surface area contributed by atoms with Gasteiger partial charge in [0, 0.05) is 18.1 Å². The Balaban J connectivity index is 1.98. The number of rotatable bonds is 3. The zero-order valence-electron chi connectivity index (χ0n) is 6.38. The van der Waals surface area contributed by atoms with Crippen molar-refractivity contribution in [3.8, 4) is 0 Å². The van der Waals surface area contributed by atoms with Crippen LogP contribution in [0.5, 0.6) is 0 Å². The molecule has 0 saturated carbocycles. The normalized spacial score (nSPS) is 18.6. The van der Waals surface area contributed by atoms with Crippen molar-refractivity contribution in [1.29, 1.82) is 0 Å². The van der Waals surface area contributed by atoms with E-state index in [2.05, 4.69) is 9.64 Å². The first-order valence-corrected chi connectivity index (χ1v) is 4.21. The van der Waals surface area contributed by atoms with Gasteiger partial charge in [-0.3, -0.25) is 4.90 Å². The van der Waals surface area contributed by atoms with E-state index < -0.39 is 5.43 Å². The molecule has 0 aromatic heterocycles. The maximum absolute atomic E-state index is 10.1. The van der Waals surface area contributed by atoms with E-state index >= 15 is 0 Å². The number of carbonyl (C=O) groups excluding carboxylic acids is 1. The molecule has 11 heavy (non-hydrogen) atoms. The fraction of sp³-hybridized carbons (Fsp3) is 0.857. The van der Waals surface area contributed by atoms with Crippen molar-refractivity contribution >= 4 is 17.0 Å². The SMILES string of the molecule is O=C(Cl)OCCN1CCCC1. The van der Waals surface area contributed by atoms with E-state index in [1.54, 1.807) is 0 Å². The summed E-state index contributed by atoms with van der Waals surface area (Å²) in [6.07, 6.45) is 2.52. The Hall–Kier alpha value is -0.280. The lowest BCUT2D eigenvalue weighted by Crippen LogP contribution is -2.24. The largest absolute Gasteiger partial charge is 0.452 e. The summed E-state index contributed by atoms with van der Waals surface area (Å²) in [6.45, 7) is 3.49. The van der Waals surface area contributed by atoms with Gasteiger partial charge in [-0.05, 0) is 25.9 Å². The molecular weight excluding hydrogens is 166 g/mol. The van der Waals surface area contributed by atoms with Gasteiger partial charge in [0.2, 0.25) is 0 Å². The van der Waals surface area contributed by atoms with Crippen LogP contribution in [0.1, 0.15) is 12.8 Å². The molecule has 1 aliphatic rings. The zero-order valence-corrected chi connectivity index (χ0v) is 7.14. The van der Waals surface area contributed by atoms with Crippen LogP contribution < -0.4 is 0 Å². The van der Waals surface area contributed by atoms with Crippen LogP contribution in [-0.4, -0.2) is 36.6 Å². The third-order valence-corrected chi connectivity index (χ3v) is 1.93. The molecule has 0 aromatic carbocycles. The highest BCUT2D eigenvalue weighted by molar-refractivity contribution is 6.61. The molecule has 0 amide bonds. The van der Waals surface area contributed by atoms with Crippen LogP contribution in [0.3, 0.4) is 0 Å². The van der Waals surface area contributed by atoms with E-state index in [4.69, 9.17) is 11.6 Å². The van der Waals surface area contributed by atoms with Crippen LogP contribution >= 0.6 is 11.6 Å². The molecule has 0 unspecified atom stereocenters. The Morgan fingerprint density at radius 1 is 1.45 bits per heavy atom. The quantitative estimate of drug-likeness (QED) is 0.612. The molecule has 3 nitrogen and oxygen atoms in total. The lowest BCUT2D eigenvalue weighted by atomic mass is 10.4. The Morgan fingerprint density at radius 3 is 2.64 bits per heavy atom. The van der Waals surface area contributed by atoms with Gasteiger partial charge in [-0.25, -0.2) is 4.79 Å². The van der Waals surface area contributed by atoms with Gasteiger partial charge in [0.25, 0.3) is 0 Å². The van der Waals surface area contributed by atoms with Crippen molar-refractivity contribution in [3.63, 3.8) is 0 Å². The Bertz CT molecular complexity index is 134. The van der Waals surface area contributed by atoms with Gasteiger partial charge in [-0.2, -0.15) is 0 Å². The zero-order chi connectivity index (χ0) is 8.10. The molecule has 1 rings (SSSR count). The lowest BCUT2D eigenvalue weighted by molar-refractivity contribution is 0.156. The monoisotopic (exact) mass is 177 g/mol. The molecule has 0 spiro atoms. The maximum atomic E-state index is 10.1. The fourth-order valence-corrected chi connectivity index (χ4v) is 1.34. The molecule has 0 aliphatic carbocycles. The smallest absolute Gasteiger partial charge is 0.403 e. The third-order valence-electron chi connectivity index (χ3n) is 1.82. The second kappa shape index (κ2) is 4.57. The summed E-state index contributed by atoms with van der Waals surface area (Å²) in [5.74, 6) is 0. The van der Waals surface area contributed by atoms with Crippen LogP contribution in [0.25, 0.3) is 0 Å². The Labute approximate surface area is 71.3 Å². The van der Waals surface area contributed by atoms with Crippen molar-refractivity contribution in [1.82, 2.24) is 4.90 Å². The first-order chi connectivity index (χ1) is 5.29. The van der Waals surface area contributed by atoms with Crippen molar-refractivity contribution in [2.75, 3.05) is 26.2 Å². The average molecular weight is 178 g/mol.